The molecule has 0 amide bonds. The van der Waals surface area contributed by atoms with Crippen LogP contribution >= 0.6 is 0 Å². The zero-order valence-corrected chi connectivity index (χ0v) is 13.7. The predicted octanol–water partition coefficient (Wildman–Crippen LogP) is 5.07. The smallest absolute Gasteiger partial charge is 0.133 e. The summed E-state index contributed by atoms with van der Waals surface area (Å²) in [5, 5.41) is 3.42. The summed E-state index contributed by atoms with van der Waals surface area (Å²) >= 11 is 0. The minimum atomic E-state index is 0.367. The van der Waals surface area contributed by atoms with Crippen molar-refractivity contribution in [1.29, 1.82) is 0 Å². The molecule has 0 aliphatic heterocycles. The van der Waals surface area contributed by atoms with Gasteiger partial charge in [0.2, 0.25) is 0 Å². The first-order chi connectivity index (χ1) is 10.0. The molecule has 0 fully saturated rings. The molecule has 0 saturated carbocycles. The van der Waals surface area contributed by atoms with E-state index in [2.05, 4.69) is 64.2 Å². The number of rotatable bonds is 5. The van der Waals surface area contributed by atoms with E-state index in [1.165, 1.54) is 22.3 Å². The van der Waals surface area contributed by atoms with Crippen LogP contribution in [-0.2, 0) is 0 Å². The molecule has 2 rings (SSSR count). The molecule has 2 aromatic rings. The SMILES string of the molecule is CCNC(C)c1ccc(Oc2c(C)ccc(C)c2C)cc1. The van der Waals surface area contributed by atoms with Crippen molar-refractivity contribution in [2.45, 2.75) is 40.7 Å². The highest BCUT2D eigenvalue weighted by Gasteiger charge is 2.08. The van der Waals surface area contributed by atoms with Crippen LogP contribution in [-0.4, -0.2) is 6.54 Å². The first-order valence-electron chi connectivity index (χ1n) is 7.61. The van der Waals surface area contributed by atoms with Gasteiger partial charge in [0.15, 0.2) is 0 Å². The monoisotopic (exact) mass is 283 g/mol. The van der Waals surface area contributed by atoms with Crippen molar-refractivity contribution in [2.24, 2.45) is 0 Å². The minimum absolute atomic E-state index is 0.367. The fourth-order valence-electron chi connectivity index (χ4n) is 2.45. The van der Waals surface area contributed by atoms with Gasteiger partial charge < -0.3 is 10.1 Å². The first-order valence-corrected chi connectivity index (χ1v) is 7.61. The van der Waals surface area contributed by atoms with Gasteiger partial charge >= 0.3 is 0 Å². The van der Waals surface area contributed by atoms with Gasteiger partial charge in [-0.25, -0.2) is 0 Å². The number of hydrogen-bond acceptors (Lipinski definition) is 2. The van der Waals surface area contributed by atoms with Crippen LogP contribution in [0.25, 0.3) is 0 Å². The lowest BCUT2D eigenvalue weighted by Crippen LogP contribution is -2.17. The van der Waals surface area contributed by atoms with Gasteiger partial charge in [-0.1, -0.05) is 31.2 Å². The van der Waals surface area contributed by atoms with Crippen molar-refractivity contribution in [3.05, 3.63) is 58.7 Å². The lowest BCUT2D eigenvalue weighted by atomic mass is 10.1. The summed E-state index contributed by atoms with van der Waals surface area (Å²) in [4.78, 5) is 0. The Hall–Kier alpha value is -1.80. The second-order valence-electron chi connectivity index (χ2n) is 5.60. The van der Waals surface area contributed by atoms with E-state index in [9.17, 15) is 0 Å². The summed E-state index contributed by atoms with van der Waals surface area (Å²) in [6.07, 6.45) is 0. The van der Waals surface area contributed by atoms with Crippen LogP contribution < -0.4 is 10.1 Å². The summed E-state index contributed by atoms with van der Waals surface area (Å²) in [6.45, 7) is 11.6. The standard InChI is InChI=1S/C19H25NO/c1-6-20-16(5)17-9-11-18(12-10-17)21-19-14(3)8-7-13(2)15(19)4/h7-12,16,20H,6H2,1-5H3. The fourth-order valence-corrected chi connectivity index (χ4v) is 2.45. The van der Waals surface area contributed by atoms with Crippen molar-refractivity contribution >= 4 is 0 Å². The number of ether oxygens (including phenoxy) is 1. The Bertz CT molecular complexity index is 602. The molecule has 0 aliphatic carbocycles. The van der Waals surface area contributed by atoms with E-state index < -0.39 is 0 Å². The third-order valence-electron chi connectivity index (χ3n) is 3.98. The molecule has 0 radical (unpaired) electrons. The quantitative estimate of drug-likeness (QED) is 0.826. The zero-order valence-electron chi connectivity index (χ0n) is 13.7. The number of hydrogen-bond donors (Lipinski definition) is 1. The van der Waals surface area contributed by atoms with Gasteiger partial charge in [-0.15, -0.1) is 0 Å². The van der Waals surface area contributed by atoms with Crippen molar-refractivity contribution < 1.29 is 4.74 Å². The van der Waals surface area contributed by atoms with Crippen molar-refractivity contribution in [1.82, 2.24) is 5.32 Å². The van der Waals surface area contributed by atoms with Crippen LogP contribution in [0.3, 0.4) is 0 Å². The summed E-state index contributed by atoms with van der Waals surface area (Å²) in [7, 11) is 0. The fraction of sp³-hybridized carbons (Fsp3) is 0.368. The molecule has 2 nitrogen and oxygen atoms in total. The molecular formula is C19H25NO. The molecule has 1 N–H and O–H groups in total. The van der Waals surface area contributed by atoms with E-state index in [1.807, 2.05) is 12.1 Å². The molecule has 0 aliphatic rings. The van der Waals surface area contributed by atoms with Crippen LogP contribution in [0.4, 0.5) is 0 Å². The number of benzene rings is 2. The summed E-state index contributed by atoms with van der Waals surface area (Å²) < 4.78 is 6.10. The highest BCUT2D eigenvalue weighted by molar-refractivity contribution is 5.47. The molecule has 2 aromatic carbocycles. The van der Waals surface area contributed by atoms with Crippen LogP contribution in [0.2, 0.25) is 0 Å². The normalized spacial score (nSPS) is 12.2. The van der Waals surface area contributed by atoms with E-state index >= 15 is 0 Å². The summed E-state index contributed by atoms with van der Waals surface area (Å²) in [5.74, 6) is 1.86. The van der Waals surface area contributed by atoms with E-state index in [0.29, 0.717) is 6.04 Å². The minimum Gasteiger partial charge on any atom is -0.457 e. The molecule has 2 heteroatoms. The topological polar surface area (TPSA) is 21.3 Å². The lowest BCUT2D eigenvalue weighted by molar-refractivity contribution is 0.474. The van der Waals surface area contributed by atoms with Crippen molar-refractivity contribution in [3.63, 3.8) is 0 Å². The van der Waals surface area contributed by atoms with Crippen molar-refractivity contribution in [3.8, 4) is 11.5 Å². The summed E-state index contributed by atoms with van der Waals surface area (Å²) in [5.41, 5.74) is 4.91. The Morgan fingerprint density at radius 3 is 2.19 bits per heavy atom. The molecular weight excluding hydrogens is 258 g/mol. The molecule has 0 heterocycles. The van der Waals surface area contributed by atoms with Crippen LogP contribution in [0.15, 0.2) is 36.4 Å². The average molecular weight is 283 g/mol. The maximum absolute atomic E-state index is 6.10. The summed E-state index contributed by atoms with van der Waals surface area (Å²) in [6, 6.07) is 13.0. The van der Waals surface area contributed by atoms with Gasteiger partial charge in [0.05, 0.1) is 0 Å². The van der Waals surface area contributed by atoms with Crippen LogP contribution in [0.1, 0.15) is 42.1 Å². The van der Waals surface area contributed by atoms with E-state index in [4.69, 9.17) is 4.74 Å². The molecule has 21 heavy (non-hydrogen) atoms. The molecule has 0 spiro atoms. The average Bonchev–Trinajstić information content (AvgIpc) is 2.48. The van der Waals surface area contributed by atoms with Gasteiger partial charge in [0, 0.05) is 6.04 Å². The van der Waals surface area contributed by atoms with Gasteiger partial charge in [-0.3, -0.25) is 0 Å². The van der Waals surface area contributed by atoms with E-state index in [1.54, 1.807) is 0 Å². The third kappa shape index (κ3) is 3.64. The van der Waals surface area contributed by atoms with Gasteiger partial charge in [0.25, 0.3) is 0 Å². The highest BCUT2D eigenvalue weighted by Crippen LogP contribution is 2.31. The molecule has 0 aromatic heterocycles. The zero-order chi connectivity index (χ0) is 15.4. The Morgan fingerprint density at radius 2 is 1.57 bits per heavy atom. The Labute approximate surface area is 128 Å². The van der Waals surface area contributed by atoms with E-state index in [0.717, 1.165) is 18.0 Å². The molecule has 1 unspecified atom stereocenters. The molecule has 1 atom stereocenters. The number of nitrogens with one attached hydrogen (secondary N) is 1. The van der Waals surface area contributed by atoms with Gasteiger partial charge in [0.1, 0.15) is 11.5 Å². The van der Waals surface area contributed by atoms with Crippen molar-refractivity contribution in [2.75, 3.05) is 6.54 Å². The Balaban J connectivity index is 2.20. The second-order valence-corrected chi connectivity index (χ2v) is 5.60. The molecule has 112 valence electrons. The second kappa shape index (κ2) is 6.77. The van der Waals surface area contributed by atoms with Gasteiger partial charge in [-0.05, 0) is 68.6 Å². The largest absolute Gasteiger partial charge is 0.457 e. The van der Waals surface area contributed by atoms with Crippen LogP contribution in [0.5, 0.6) is 11.5 Å². The maximum atomic E-state index is 6.10. The third-order valence-corrected chi connectivity index (χ3v) is 3.98. The first kappa shape index (κ1) is 15.6. The van der Waals surface area contributed by atoms with E-state index in [-0.39, 0.29) is 0 Å². The maximum Gasteiger partial charge on any atom is 0.133 e. The molecule has 0 bridgehead atoms. The van der Waals surface area contributed by atoms with Crippen LogP contribution in [0, 0.1) is 20.8 Å². The molecule has 0 saturated heterocycles. The highest BCUT2D eigenvalue weighted by atomic mass is 16.5. The lowest BCUT2D eigenvalue weighted by Gasteiger charge is -2.15. The Kier molecular flexibility index (Phi) is 5.03. The Morgan fingerprint density at radius 1 is 0.952 bits per heavy atom. The predicted molar refractivity (Wildman–Crippen MR) is 89.3 cm³/mol. The number of aryl methyl sites for hydroxylation is 2. The van der Waals surface area contributed by atoms with Gasteiger partial charge in [-0.2, -0.15) is 0 Å².